The van der Waals surface area contributed by atoms with Gasteiger partial charge in [0.15, 0.2) is 0 Å². The monoisotopic (exact) mass is 129 g/mol. The standard InChI is InChI=1S/C7H15NO/c9-6-7-4-2-1-3-5-8-7/h7-9H,1-6H2/t7-/m0/s1. The Morgan fingerprint density at radius 2 is 2.22 bits per heavy atom. The molecule has 1 saturated heterocycles. The number of hydrogen-bond acceptors (Lipinski definition) is 2. The third-order valence-corrected chi connectivity index (χ3v) is 1.88. The molecule has 1 aliphatic heterocycles. The number of nitrogens with one attached hydrogen (secondary N) is 1. The van der Waals surface area contributed by atoms with Gasteiger partial charge in [-0.1, -0.05) is 12.8 Å². The number of hydrogen-bond donors (Lipinski definition) is 2. The zero-order valence-electron chi connectivity index (χ0n) is 5.77. The van der Waals surface area contributed by atoms with Gasteiger partial charge in [-0.2, -0.15) is 0 Å². The molecule has 2 N–H and O–H groups in total. The van der Waals surface area contributed by atoms with Crippen molar-refractivity contribution in [3.63, 3.8) is 0 Å². The molecule has 0 saturated carbocycles. The van der Waals surface area contributed by atoms with Gasteiger partial charge < -0.3 is 10.4 Å². The zero-order chi connectivity index (χ0) is 6.53. The van der Waals surface area contributed by atoms with Gasteiger partial charge in [0.25, 0.3) is 0 Å². The van der Waals surface area contributed by atoms with E-state index in [9.17, 15) is 0 Å². The van der Waals surface area contributed by atoms with Crippen molar-refractivity contribution < 1.29 is 5.11 Å². The molecule has 54 valence electrons. The SMILES string of the molecule is OC[C@@H]1CCCCCN1. The van der Waals surface area contributed by atoms with Crippen molar-refractivity contribution in [1.29, 1.82) is 0 Å². The number of aliphatic hydroxyl groups excluding tert-OH is 1. The van der Waals surface area contributed by atoms with Crippen molar-refractivity contribution >= 4 is 0 Å². The molecule has 0 unspecified atom stereocenters. The fraction of sp³-hybridized carbons (Fsp3) is 1.00. The second kappa shape index (κ2) is 3.85. The van der Waals surface area contributed by atoms with Crippen molar-refractivity contribution in [2.75, 3.05) is 13.2 Å². The topological polar surface area (TPSA) is 32.3 Å². The summed E-state index contributed by atoms with van der Waals surface area (Å²) in [6.45, 7) is 1.39. The summed E-state index contributed by atoms with van der Waals surface area (Å²) in [4.78, 5) is 0. The Balaban J connectivity index is 2.18. The van der Waals surface area contributed by atoms with Crippen LogP contribution in [0.3, 0.4) is 0 Å². The summed E-state index contributed by atoms with van der Waals surface area (Å²) in [5.74, 6) is 0. The highest BCUT2D eigenvalue weighted by molar-refractivity contribution is 4.68. The highest BCUT2D eigenvalue weighted by Gasteiger charge is 2.08. The molecular formula is C7H15NO. The maximum absolute atomic E-state index is 8.75. The van der Waals surface area contributed by atoms with Crippen molar-refractivity contribution in [3.8, 4) is 0 Å². The molecule has 0 aliphatic carbocycles. The Bertz CT molecular complexity index is 67.3. The van der Waals surface area contributed by atoms with Gasteiger partial charge in [0.05, 0.1) is 6.61 Å². The molecule has 0 aromatic carbocycles. The molecule has 1 aliphatic rings. The van der Waals surface area contributed by atoms with Gasteiger partial charge in [0.2, 0.25) is 0 Å². The van der Waals surface area contributed by atoms with E-state index < -0.39 is 0 Å². The zero-order valence-corrected chi connectivity index (χ0v) is 5.77. The summed E-state index contributed by atoms with van der Waals surface area (Å²) in [6.07, 6.45) is 5.02. The van der Waals surface area contributed by atoms with E-state index in [4.69, 9.17) is 5.11 Å². The highest BCUT2D eigenvalue weighted by atomic mass is 16.3. The van der Waals surface area contributed by atoms with Gasteiger partial charge in [-0.25, -0.2) is 0 Å². The Morgan fingerprint density at radius 3 is 3.00 bits per heavy atom. The van der Waals surface area contributed by atoms with E-state index in [0.29, 0.717) is 12.6 Å². The summed E-state index contributed by atoms with van der Waals surface area (Å²) in [5, 5.41) is 12.0. The van der Waals surface area contributed by atoms with Crippen LogP contribution in [0.4, 0.5) is 0 Å². The van der Waals surface area contributed by atoms with Crippen molar-refractivity contribution in [2.24, 2.45) is 0 Å². The van der Waals surface area contributed by atoms with Gasteiger partial charge in [-0.3, -0.25) is 0 Å². The van der Waals surface area contributed by atoms with E-state index >= 15 is 0 Å². The first kappa shape index (κ1) is 7.03. The predicted octanol–water partition coefficient (Wildman–Crippen LogP) is 0.511. The minimum Gasteiger partial charge on any atom is -0.395 e. The van der Waals surface area contributed by atoms with E-state index in [1.807, 2.05) is 0 Å². The van der Waals surface area contributed by atoms with Gasteiger partial charge in [-0.05, 0) is 19.4 Å². The fourth-order valence-corrected chi connectivity index (χ4v) is 1.26. The molecule has 0 bridgehead atoms. The summed E-state index contributed by atoms with van der Waals surface area (Å²) in [7, 11) is 0. The van der Waals surface area contributed by atoms with Crippen LogP contribution in [0.2, 0.25) is 0 Å². The Morgan fingerprint density at radius 1 is 1.33 bits per heavy atom. The number of aliphatic hydroxyl groups is 1. The summed E-state index contributed by atoms with van der Waals surface area (Å²) in [5.41, 5.74) is 0. The molecule has 0 aromatic heterocycles. The van der Waals surface area contributed by atoms with Crippen LogP contribution in [0.5, 0.6) is 0 Å². The number of rotatable bonds is 1. The van der Waals surface area contributed by atoms with Crippen molar-refractivity contribution in [1.82, 2.24) is 5.32 Å². The molecule has 0 radical (unpaired) electrons. The summed E-state index contributed by atoms with van der Waals surface area (Å²) < 4.78 is 0. The van der Waals surface area contributed by atoms with Crippen LogP contribution in [0.1, 0.15) is 25.7 Å². The Kier molecular flexibility index (Phi) is 3.01. The van der Waals surface area contributed by atoms with Crippen LogP contribution in [0, 0.1) is 0 Å². The molecule has 1 heterocycles. The first-order chi connectivity index (χ1) is 4.43. The van der Waals surface area contributed by atoms with Crippen LogP contribution in [-0.2, 0) is 0 Å². The van der Waals surface area contributed by atoms with Crippen LogP contribution in [0.15, 0.2) is 0 Å². The molecule has 1 atom stereocenters. The van der Waals surface area contributed by atoms with E-state index in [1.165, 1.54) is 19.3 Å². The average Bonchev–Trinajstić information content (AvgIpc) is 2.13. The normalized spacial score (nSPS) is 29.7. The Labute approximate surface area is 56.3 Å². The van der Waals surface area contributed by atoms with E-state index in [2.05, 4.69) is 5.32 Å². The molecule has 2 heteroatoms. The smallest absolute Gasteiger partial charge is 0.0584 e. The third kappa shape index (κ3) is 2.33. The average molecular weight is 129 g/mol. The lowest BCUT2D eigenvalue weighted by Crippen LogP contribution is -2.31. The Hall–Kier alpha value is -0.0800. The van der Waals surface area contributed by atoms with Gasteiger partial charge in [-0.15, -0.1) is 0 Å². The first-order valence-electron chi connectivity index (χ1n) is 3.77. The second-order valence-corrected chi connectivity index (χ2v) is 2.68. The molecule has 0 aromatic rings. The van der Waals surface area contributed by atoms with Gasteiger partial charge in [0.1, 0.15) is 0 Å². The second-order valence-electron chi connectivity index (χ2n) is 2.68. The maximum Gasteiger partial charge on any atom is 0.0584 e. The van der Waals surface area contributed by atoms with E-state index in [-0.39, 0.29) is 0 Å². The molecule has 1 fully saturated rings. The van der Waals surface area contributed by atoms with E-state index in [1.54, 1.807) is 0 Å². The molecular weight excluding hydrogens is 114 g/mol. The largest absolute Gasteiger partial charge is 0.395 e. The molecule has 0 amide bonds. The molecule has 2 nitrogen and oxygen atoms in total. The van der Waals surface area contributed by atoms with Gasteiger partial charge in [0, 0.05) is 6.04 Å². The van der Waals surface area contributed by atoms with Crippen LogP contribution >= 0.6 is 0 Å². The molecule has 0 spiro atoms. The maximum atomic E-state index is 8.75. The summed E-state index contributed by atoms with van der Waals surface area (Å²) >= 11 is 0. The predicted molar refractivity (Wildman–Crippen MR) is 37.3 cm³/mol. The van der Waals surface area contributed by atoms with Crippen molar-refractivity contribution in [3.05, 3.63) is 0 Å². The minimum atomic E-state index is 0.306. The highest BCUT2D eigenvalue weighted by Crippen LogP contribution is 2.06. The minimum absolute atomic E-state index is 0.306. The first-order valence-corrected chi connectivity index (χ1v) is 3.77. The van der Waals surface area contributed by atoms with Crippen LogP contribution in [-0.4, -0.2) is 24.3 Å². The van der Waals surface area contributed by atoms with Crippen LogP contribution < -0.4 is 5.32 Å². The van der Waals surface area contributed by atoms with E-state index in [0.717, 1.165) is 13.0 Å². The summed E-state index contributed by atoms with van der Waals surface area (Å²) in [6, 6.07) is 0.382. The van der Waals surface area contributed by atoms with Crippen molar-refractivity contribution in [2.45, 2.75) is 31.7 Å². The lowest BCUT2D eigenvalue weighted by atomic mass is 10.1. The lowest BCUT2D eigenvalue weighted by Gasteiger charge is -2.10. The molecule has 1 rings (SSSR count). The lowest BCUT2D eigenvalue weighted by molar-refractivity contribution is 0.240. The quantitative estimate of drug-likeness (QED) is 0.540. The third-order valence-electron chi connectivity index (χ3n) is 1.88. The fourth-order valence-electron chi connectivity index (χ4n) is 1.26. The van der Waals surface area contributed by atoms with Crippen LogP contribution in [0.25, 0.3) is 0 Å². The molecule has 9 heavy (non-hydrogen) atoms. The van der Waals surface area contributed by atoms with Gasteiger partial charge >= 0.3 is 0 Å².